The van der Waals surface area contributed by atoms with Gasteiger partial charge in [-0.25, -0.2) is 13.6 Å². The first-order valence-electron chi connectivity index (χ1n) is 7.19. The van der Waals surface area contributed by atoms with Gasteiger partial charge in [0.05, 0.1) is 6.61 Å². The van der Waals surface area contributed by atoms with E-state index in [4.69, 9.17) is 9.47 Å². The highest BCUT2D eigenvalue weighted by molar-refractivity contribution is 5.89. The number of halogens is 2. The Bertz CT molecular complexity index is 506. The Morgan fingerprint density at radius 1 is 1.50 bits per heavy atom. The lowest BCUT2D eigenvalue weighted by molar-refractivity contribution is 0.0816. The number of rotatable bonds is 6. The molecule has 5 nitrogen and oxygen atoms in total. The molecule has 7 heteroatoms. The van der Waals surface area contributed by atoms with Crippen LogP contribution in [0, 0.1) is 12.8 Å². The van der Waals surface area contributed by atoms with E-state index in [0.717, 1.165) is 18.6 Å². The lowest BCUT2D eigenvalue weighted by atomic mass is 10.1. The van der Waals surface area contributed by atoms with Gasteiger partial charge in [0.25, 0.3) is 6.43 Å². The maximum Gasteiger partial charge on any atom is 0.319 e. The van der Waals surface area contributed by atoms with E-state index < -0.39 is 13.0 Å². The van der Waals surface area contributed by atoms with Crippen molar-refractivity contribution in [3.8, 4) is 5.75 Å². The van der Waals surface area contributed by atoms with Crippen LogP contribution in [-0.4, -0.2) is 38.8 Å². The first-order valence-corrected chi connectivity index (χ1v) is 7.19. The summed E-state index contributed by atoms with van der Waals surface area (Å²) in [5.74, 6) is 0.677. The van der Waals surface area contributed by atoms with Crippen molar-refractivity contribution < 1.29 is 23.0 Å². The number of aryl methyl sites for hydroxylation is 1. The molecule has 122 valence electrons. The van der Waals surface area contributed by atoms with Crippen LogP contribution in [-0.2, 0) is 4.74 Å². The minimum atomic E-state index is -2.53. The van der Waals surface area contributed by atoms with Crippen LogP contribution in [0.1, 0.15) is 12.0 Å². The second-order valence-electron chi connectivity index (χ2n) is 5.25. The third kappa shape index (κ3) is 5.14. The van der Waals surface area contributed by atoms with Crippen molar-refractivity contribution in [2.75, 3.05) is 31.7 Å². The molecular formula is C15H20F2N2O3. The summed E-state index contributed by atoms with van der Waals surface area (Å²) in [6.07, 6.45) is -1.59. The topological polar surface area (TPSA) is 59.6 Å². The Hall–Kier alpha value is -1.89. The number of benzene rings is 1. The Morgan fingerprint density at radius 2 is 2.32 bits per heavy atom. The van der Waals surface area contributed by atoms with Crippen LogP contribution < -0.4 is 15.4 Å². The van der Waals surface area contributed by atoms with Crippen molar-refractivity contribution in [3.63, 3.8) is 0 Å². The number of amides is 2. The van der Waals surface area contributed by atoms with Crippen molar-refractivity contribution in [1.82, 2.24) is 5.32 Å². The van der Waals surface area contributed by atoms with E-state index in [1.807, 2.05) is 0 Å². The summed E-state index contributed by atoms with van der Waals surface area (Å²) in [6, 6.07) is 4.61. The molecule has 2 rings (SSSR count). The molecule has 2 amide bonds. The van der Waals surface area contributed by atoms with Gasteiger partial charge in [-0.1, -0.05) is 6.07 Å². The van der Waals surface area contributed by atoms with Crippen molar-refractivity contribution in [2.45, 2.75) is 19.8 Å². The molecule has 1 aromatic carbocycles. The highest BCUT2D eigenvalue weighted by Crippen LogP contribution is 2.23. The third-order valence-corrected chi connectivity index (χ3v) is 3.39. The van der Waals surface area contributed by atoms with Crippen LogP contribution in [0.4, 0.5) is 19.3 Å². The molecule has 1 saturated heterocycles. The number of nitrogens with one attached hydrogen (secondary N) is 2. The molecule has 0 saturated carbocycles. The SMILES string of the molecule is Cc1ccc(NC(=O)NC[C@@H]2CCOC2)cc1OCC(F)F. The molecule has 1 aliphatic rings. The van der Waals surface area contributed by atoms with Gasteiger partial charge in [0, 0.05) is 30.8 Å². The maximum atomic E-state index is 12.2. The lowest BCUT2D eigenvalue weighted by Crippen LogP contribution is -2.33. The van der Waals surface area contributed by atoms with Gasteiger partial charge in [-0.05, 0) is 25.0 Å². The molecule has 22 heavy (non-hydrogen) atoms. The molecule has 0 radical (unpaired) electrons. The van der Waals surface area contributed by atoms with Gasteiger partial charge in [-0.3, -0.25) is 0 Å². The average molecular weight is 314 g/mol. The standard InChI is InChI=1S/C15H20F2N2O3/c1-10-2-3-12(6-13(10)22-9-14(16)17)19-15(20)18-7-11-4-5-21-8-11/h2-3,6,11,14H,4-5,7-9H2,1H3,(H2,18,19,20)/t11-/m0/s1. The van der Waals surface area contributed by atoms with Gasteiger partial charge >= 0.3 is 6.03 Å². The fourth-order valence-electron chi connectivity index (χ4n) is 2.14. The molecular weight excluding hydrogens is 294 g/mol. The predicted octanol–water partition coefficient (Wildman–Crippen LogP) is 2.80. The van der Waals surface area contributed by atoms with Crippen LogP contribution in [0.3, 0.4) is 0 Å². The number of anilines is 1. The molecule has 0 aliphatic carbocycles. The van der Waals surface area contributed by atoms with Crippen LogP contribution in [0.15, 0.2) is 18.2 Å². The molecule has 1 aliphatic heterocycles. The van der Waals surface area contributed by atoms with Crippen molar-refractivity contribution in [2.24, 2.45) is 5.92 Å². The normalized spacial score (nSPS) is 17.5. The predicted molar refractivity (Wildman–Crippen MR) is 78.6 cm³/mol. The van der Waals surface area contributed by atoms with Crippen LogP contribution in [0.5, 0.6) is 5.75 Å². The van der Waals surface area contributed by atoms with Crippen LogP contribution >= 0.6 is 0 Å². The zero-order valence-corrected chi connectivity index (χ0v) is 12.4. The zero-order chi connectivity index (χ0) is 15.9. The Kier molecular flexibility index (Phi) is 5.94. The molecule has 2 N–H and O–H groups in total. The number of hydrogen-bond acceptors (Lipinski definition) is 3. The van der Waals surface area contributed by atoms with Crippen LogP contribution in [0.25, 0.3) is 0 Å². The average Bonchev–Trinajstić information content (AvgIpc) is 2.99. The molecule has 0 spiro atoms. The molecule has 1 aromatic rings. The summed E-state index contributed by atoms with van der Waals surface area (Å²) < 4.78 is 34.6. The number of carbonyl (C=O) groups excluding carboxylic acids is 1. The van der Waals surface area contributed by atoms with Crippen molar-refractivity contribution in [3.05, 3.63) is 23.8 Å². The van der Waals surface area contributed by atoms with Gasteiger partial charge in [0.15, 0.2) is 0 Å². The fraction of sp³-hybridized carbons (Fsp3) is 0.533. The van der Waals surface area contributed by atoms with Gasteiger partial charge in [0.2, 0.25) is 0 Å². The van der Waals surface area contributed by atoms with E-state index in [2.05, 4.69) is 10.6 Å². The first kappa shape index (κ1) is 16.5. The summed E-state index contributed by atoms with van der Waals surface area (Å²) in [6.45, 7) is 3.03. The van der Waals surface area contributed by atoms with Gasteiger partial charge in [-0.15, -0.1) is 0 Å². The summed E-state index contributed by atoms with van der Waals surface area (Å²) in [7, 11) is 0. The Morgan fingerprint density at radius 3 is 3.00 bits per heavy atom. The Balaban J connectivity index is 1.85. The zero-order valence-electron chi connectivity index (χ0n) is 12.4. The summed E-state index contributed by atoms with van der Waals surface area (Å²) in [4.78, 5) is 11.8. The smallest absolute Gasteiger partial charge is 0.319 e. The number of urea groups is 1. The molecule has 1 atom stereocenters. The first-order chi connectivity index (χ1) is 10.5. The van der Waals surface area contributed by atoms with E-state index in [1.54, 1.807) is 19.1 Å². The fourth-order valence-corrected chi connectivity index (χ4v) is 2.14. The lowest BCUT2D eigenvalue weighted by Gasteiger charge is -2.13. The van der Waals surface area contributed by atoms with Gasteiger partial charge in [-0.2, -0.15) is 0 Å². The quantitative estimate of drug-likeness (QED) is 0.849. The second kappa shape index (κ2) is 7.93. The summed E-state index contributed by atoms with van der Waals surface area (Å²) in [5, 5.41) is 5.43. The number of alkyl halides is 2. The molecule has 0 unspecified atom stereocenters. The van der Waals surface area contributed by atoms with E-state index in [1.165, 1.54) is 6.07 Å². The molecule has 1 fully saturated rings. The van der Waals surface area contributed by atoms with Gasteiger partial charge in [0.1, 0.15) is 12.4 Å². The van der Waals surface area contributed by atoms with E-state index in [0.29, 0.717) is 30.5 Å². The number of carbonyl (C=O) groups is 1. The highest BCUT2D eigenvalue weighted by atomic mass is 19.3. The largest absolute Gasteiger partial charge is 0.487 e. The highest BCUT2D eigenvalue weighted by Gasteiger charge is 2.16. The third-order valence-electron chi connectivity index (χ3n) is 3.39. The minimum absolute atomic E-state index is 0.335. The van der Waals surface area contributed by atoms with Crippen molar-refractivity contribution in [1.29, 1.82) is 0 Å². The van der Waals surface area contributed by atoms with E-state index in [-0.39, 0.29) is 6.03 Å². The number of ether oxygens (including phenoxy) is 2. The molecule has 1 heterocycles. The maximum absolute atomic E-state index is 12.2. The van der Waals surface area contributed by atoms with E-state index in [9.17, 15) is 13.6 Å². The monoisotopic (exact) mass is 314 g/mol. The molecule has 0 bridgehead atoms. The van der Waals surface area contributed by atoms with Crippen LogP contribution in [0.2, 0.25) is 0 Å². The molecule has 0 aromatic heterocycles. The Labute approximate surface area is 128 Å². The van der Waals surface area contributed by atoms with E-state index >= 15 is 0 Å². The summed E-state index contributed by atoms with van der Waals surface area (Å²) in [5.41, 5.74) is 1.23. The minimum Gasteiger partial charge on any atom is -0.487 e. The van der Waals surface area contributed by atoms with Crippen molar-refractivity contribution >= 4 is 11.7 Å². The summed E-state index contributed by atoms with van der Waals surface area (Å²) >= 11 is 0. The number of hydrogen-bond donors (Lipinski definition) is 2. The van der Waals surface area contributed by atoms with Gasteiger partial charge < -0.3 is 20.1 Å². The second-order valence-corrected chi connectivity index (χ2v) is 5.25.